The van der Waals surface area contributed by atoms with Crippen molar-refractivity contribution in [1.29, 1.82) is 0 Å². The molecule has 13 heteroatoms. The second-order valence-electron chi connectivity index (χ2n) is 9.45. The van der Waals surface area contributed by atoms with E-state index in [0.29, 0.717) is 10.6 Å². The molecule has 1 aliphatic rings. The molecule has 3 rings (SSSR count). The summed E-state index contributed by atoms with van der Waals surface area (Å²) in [6, 6.07) is 9.42. The summed E-state index contributed by atoms with van der Waals surface area (Å²) in [7, 11) is -2.81. The van der Waals surface area contributed by atoms with Gasteiger partial charge in [-0.15, -0.1) is 0 Å². The SMILES string of the molecule is CCC(C(=O)NC1CCCC1)N(Cc1ccc(Cl)cc1)C(=O)CN(c1cc([N+](=O)[O-])ccc1OC)S(C)(=O)=O. The van der Waals surface area contributed by atoms with Crippen LogP contribution in [-0.2, 0) is 26.2 Å². The number of sulfonamides is 1. The Labute approximate surface area is 233 Å². The number of carbonyl (C=O) groups excluding carboxylic acids is 2. The molecule has 1 N–H and O–H groups in total. The van der Waals surface area contributed by atoms with E-state index in [1.54, 1.807) is 31.2 Å². The minimum absolute atomic E-state index is 0.0241. The van der Waals surface area contributed by atoms with Crippen LogP contribution in [0.2, 0.25) is 5.02 Å². The standard InChI is InChI=1S/C26H33ClN4O7S/c1-4-22(26(33)28-20-7-5-6-8-20)29(16-18-9-11-19(27)12-10-18)25(32)17-30(39(3,36)37)23-15-21(31(34)35)13-14-24(23)38-2/h9-15,20,22H,4-8,16-17H2,1-3H3,(H,28,33). The number of methoxy groups -OCH3 is 1. The van der Waals surface area contributed by atoms with Crippen molar-refractivity contribution in [3.05, 3.63) is 63.2 Å². The van der Waals surface area contributed by atoms with Crippen LogP contribution in [0.3, 0.4) is 0 Å². The summed E-state index contributed by atoms with van der Waals surface area (Å²) in [5.74, 6) is -0.933. The van der Waals surface area contributed by atoms with Gasteiger partial charge in [0, 0.05) is 29.7 Å². The highest BCUT2D eigenvalue weighted by molar-refractivity contribution is 7.92. The van der Waals surface area contributed by atoms with Crippen molar-refractivity contribution in [3.63, 3.8) is 0 Å². The fraction of sp³-hybridized carbons (Fsp3) is 0.462. The molecule has 2 amide bonds. The molecule has 2 aromatic rings. The van der Waals surface area contributed by atoms with Crippen LogP contribution in [0.15, 0.2) is 42.5 Å². The number of benzene rings is 2. The van der Waals surface area contributed by atoms with Crippen LogP contribution in [0.5, 0.6) is 5.75 Å². The molecule has 0 aliphatic heterocycles. The third-order valence-corrected chi connectivity index (χ3v) is 8.05. The minimum atomic E-state index is -4.11. The van der Waals surface area contributed by atoms with Crippen molar-refractivity contribution in [2.45, 2.75) is 57.7 Å². The van der Waals surface area contributed by atoms with Crippen LogP contribution in [0.4, 0.5) is 11.4 Å². The van der Waals surface area contributed by atoms with E-state index < -0.39 is 33.4 Å². The highest BCUT2D eigenvalue weighted by Gasteiger charge is 2.34. The third-order valence-electron chi connectivity index (χ3n) is 6.67. The van der Waals surface area contributed by atoms with Gasteiger partial charge in [-0.1, -0.05) is 43.5 Å². The Hall–Kier alpha value is -3.38. The highest BCUT2D eigenvalue weighted by Crippen LogP contribution is 2.34. The Balaban J connectivity index is 2.00. The summed E-state index contributed by atoms with van der Waals surface area (Å²) in [5.41, 5.74) is 0.170. The fourth-order valence-electron chi connectivity index (χ4n) is 4.66. The first-order chi connectivity index (χ1) is 18.4. The molecule has 1 unspecified atom stereocenters. The van der Waals surface area contributed by atoms with Gasteiger partial charge in [0.05, 0.1) is 18.3 Å². The maximum Gasteiger partial charge on any atom is 0.271 e. The lowest BCUT2D eigenvalue weighted by Gasteiger charge is -2.33. The van der Waals surface area contributed by atoms with Gasteiger partial charge in [-0.2, -0.15) is 0 Å². The van der Waals surface area contributed by atoms with Gasteiger partial charge in [0.2, 0.25) is 21.8 Å². The monoisotopic (exact) mass is 580 g/mol. The molecule has 2 aromatic carbocycles. The van der Waals surface area contributed by atoms with Gasteiger partial charge < -0.3 is 15.0 Å². The first-order valence-electron chi connectivity index (χ1n) is 12.6. The number of amides is 2. The summed E-state index contributed by atoms with van der Waals surface area (Å²) in [5, 5.41) is 14.9. The summed E-state index contributed by atoms with van der Waals surface area (Å²) in [6.07, 6.45) is 4.94. The molecule has 212 valence electrons. The van der Waals surface area contributed by atoms with E-state index in [4.69, 9.17) is 16.3 Å². The Morgan fingerprint density at radius 3 is 2.36 bits per heavy atom. The van der Waals surface area contributed by atoms with Gasteiger partial charge in [0.15, 0.2) is 0 Å². The second-order valence-corrected chi connectivity index (χ2v) is 11.8. The average molecular weight is 581 g/mol. The maximum absolute atomic E-state index is 13.8. The Bertz CT molecular complexity index is 1300. The number of hydrogen-bond acceptors (Lipinski definition) is 7. The second kappa shape index (κ2) is 13.1. The number of rotatable bonds is 12. The largest absolute Gasteiger partial charge is 0.495 e. The smallest absolute Gasteiger partial charge is 0.271 e. The molecule has 39 heavy (non-hydrogen) atoms. The molecule has 1 fully saturated rings. The van der Waals surface area contributed by atoms with Crippen molar-refractivity contribution < 1.29 is 27.7 Å². The van der Waals surface area contributed by atoms with E-state index in [9.17, 15) is 28.1 Å². The van der Waals surface area contributed by atoms with Gasteiger partial charge >= 0.3 is 0 Å². The quantitative estimate of drug-likeness (QED) is 0.297. The van der Waals surface area contributed by atoms with Crippen LogP contribution in [0.25, 0.3) is 0 Å². The van der Waals surface area contributed by atoms with Crippen molar-refractivity contribution in [3.8, 4) is 5.75 Å². The summed E-state index contributed by atoms with van der Waals surface area (Å²) >= 11 is 6.02. The highest BCUT2D eigenvalue weighted by atomic mass is 35.5. The van der Waals surface area contributed by atoms with Crippen LogP contribution >= 0.6 is 11.6 Å². The predicted molar refractivity (Wildman–Crippen MR) is 148 cm³/mol. The van der Waals surface area contributed by atoms with Gasteiger partial charge in [0.1, 0.15) is 24.0 Å². The molecule has 0 bridgehead atoms. The van der Waals surface area contributed by atoms with Crippen LogP contribution < -0.4 is 14.4 Å². The number of anilines is 1. The zero-order valence-corrected chi connectivity index (χ0v) is 23.7. The van der Waals surface area contributed by atoms with Crippen molar-refractivity contribution >= 4 is 44.8 Å². The number of carbonyl (C=O) groups is 2. The van der Waals surface area contributed by atoms with E-state index in [0.717, 1.165) is 42.3 Å². The minimum Gasteiger partial charge on any atom is -0.495 e. The Morgan fingerprint density at radius 1 is 1.18 bits per heavy atom. The van der Waals surface area contributed by atoms with Gasteiger partial charge in [-0.3, -0.25) is 24.0 Å². The molecule has 11 nitrogen and oxygen atoms in total. The molecular weight excluding hydrogens is 548 g/mol. The third kappa shape index (κ3) is 7.82. The van der Waals surface area contributed by atoms with Gasteiger partial charge in [0.25, 0.3) is 5.69 Å². The number of nitrogens with zero attached hydrogens (tertiary/aromatic N) is 3. The van der Waals surface area contributed by atoms with Crippen molar-refractivity contribution in [2.75, 3.05) is 24.2 Å². The maximum atomic E-state index is 13.8. The van der Waals surface area contributed by atoms with E-state index in [2.05, 4.69) is 5.32 Å². The summed E-state index contributed by atoms with van der Waals surface area (Å²) in [6.45, 7) is 1.10. The van der Waals surface area contributed by atoms with Gasteiger partial charge in [-0.05, 0) is 43.0 Å². The average Bonchev–Trinajstić information content (AvgIpc) is 3.40. The van der Waals surface area contributed by atoms with E-state index in [-0.39, 0.29) is 42.0 Å². The Morgan fingerprint density at radius 2 is 1.82 bits per heavy atom. The summed E-state index contributed by atoms with van der Waals surface area (Å²) < 4.78 is 31.8. The molecule has 1 aliphatic carbocycles. The number of halogens is 1. The number of nitrogens with one attached hydrogen (secondary N) is 1. The zero-order chi connectivity index (χ0) is 28.7. The Kier molecular flexibility index (Phi) is 10.1. The number of ether oxygens (including phenoxy) is 1. The van der Waals surface area contributed by atoms with E-state index in [1.807, 2.05) is 0 Å². The number of non-ortho nitro benzene ring substituents is 1. The van der Waals surface area contributed by atoms with Crippen LogP contribution in [-0.4, -0.2) is 62.0 Å². The zero-order valence-electron chi connectivity index (χ0n) is 22.1. The molecule has 0 radical (unpaired) electrons. The van der Waals surface area contributed by atoms with E-state index >= 15 is 0 Å². The number of nitro groups is 1. The normalized spacial score (nSPS) is 14.5. The lowest BCUT2D eigenvalue weighted by molar-refractivity contribution is -0.384. The lowest BCUT2D eigenvalue weighted by atomic mass is 10.1. The van der Waals surface area contributed by atoms with Crippen molar-refractivity contribution in [1.82, 2.24) is 10.2 Å². The van der Waals surface area contributed by atoms with Crippen LogP contribution in [0, 0.1) is 10.1 Å². The lowest BCUT2D eigenvalue weighted by Crippen LogP contribution is -2.53. The predicted octanol–water partition coefficient (Wildman–Crippen LogP) is 3.89. The van der Waals surface area contributed by atoms with E-state index in [1.165, 1.54) is 24.1 Å². The number of nitro benzene ring substituents is 1. The molecule has 1 atom stereocenters. The van der Waals surface area contributed by atoms with Crippen LogP contribution in [0.1, 0.15) is 44.6 Å². The van der Waals surface area contributed by atoms with Crippen molar-refractivity contribution in [2.24, 2.45) is 0 Å². The topological polar surface area (TPSA) is 139 Å². The molecule has 0 saturated heterocycles. The molecule has 0 spiro atoms. The van der Waals surface area contributed by atoms with Gasteiger partial charge in [-0.25, -0.2) is 8.42 Å². The molecule has 0 heterocycles. The first-order valence-corrected chi connectivity index (χ1v) is 14.8. The molecular formula is C26H33ClN4O7S. The first kappa shape index (κ1) is 30.2. The molecule has 1 saturated carbocycles. The molecule has 0 aromatic heterocycles. The summed E-state index contributed by atoms with van der Waals surface area (Å²) in [4.78, 5) is 39.3. The number of hydrogen-bond donors (Lipinski definition) is 1. The fourth-order valence-corrected chi connectivity index (χ4v) is 5.63.